The molecule has 0 radical (unpaired) electrons. The Hall–Kier alpha value is -1.39. The summed E-state index contributed by atoms with van der Waals surface area (Å²) in [6.07, 6.45) is -0.344. The molecule has 2 rings (SSSR count). The molecule has 0 saturated carbocycles. The van der Waals surface area contributed by atoms with Crippen molar-refractivity contribution in [3.63, 3.8) is 0 Å². The topological polar surface area (TPSA) is 29.5 Å². The third-order valence-corrected chi connectivity index (χ3v) is 3.56. The molecule has 0 aromatic heterocycles. The van der Waals surface area contributed by atoms with Crippen LogP contribution in [0.5, 0.6) is 5.75 Å². The van der Waals surface area contributed by atoms with Gasteiger partial charge in [0.05, 0.1) is 10.6 Å². The number of aliphatic hydroxyl groups excluding tert-OH is 1. The van der Waals surface area contributed by atoms with Crippen molar-refractivity contribution >= 4 is 15.9 Å². The van der Waals surface area contributed by atoms with E-state index in [-0.39, 0.29) is 12.4 Å². The zero-order valence-corrected chi connectivity index (χ0v) is 11.8. The molecule has 0 fully saturated rings. The van der Waals surface area contributed by atoms with Crippen molar-refractivity contribution in [2.24, 2.45) is 0 Å². The highest BCUT2D eigenvalue weighted by Crippen LogP contribution is 2.21. The van der Waals surface area contributed by atoms with Crippen LogP contribution in [0.25, 0.3) is 0 Å². The number of halogens is 2. The van der Waals surface area contributed by atoms with E-state index in [4.69, 9.17) is 4.74 Å². The summed E-state index contributed by atoms with van der Waals surface area (Å²) < 4.78 is 19.2. The number of ether oxygens (including phenoxy) is 1. The van der Waals surface area contributed by atoms with E-state index in [1.165, 1.54) is 6.07 Å². The van der Waals surface area contributed by atoms with Gasteiger partial charge in [0, 0.05) is 6.42 Å². The van der Waals surface area contributed by atoms with E-state index in [0.717, 1.165) is 5.56 Å². The molecule has 0 saturated heterocycles. The van der Waals surface area contributed by atoms with Gasteiger partial charge >= 0.3 is 0 Å². The Morgan fingerprint density at radius 2 is 1.84 bits per heavy atom. The second-order valence-corrected chi connectivity index (χ2v) is 4.99. The van der Waals surface area contributed by atoms with Gasteiger partial charge in [0.15, 0.2) is 0 Å². The first-order valence-electron chi connectivity index (χ1n) is 5.95. The smallest absolute Gasteiger partial charge is 0.137 e. The fourth-order valence-electron chi connectivity index (χ4n) is 1.73. The number of aliphatic hydroxyl groups is 1. The molecule has 0 aliphatic carbocycles. The van der Waals surface area contributed by atoms with Crippen LogP contribution in [-0.4, -0.2) is 17.8 Å². The van der Waals surface area contributed by atoms with Crippen molar-refractivity contribution in [1.29, 1.82) is 0 Å². The summed E-state index contributed by atoms with van der Waals surface area (Å²) in [4.78, 5) is 0. The van der Waals surface area contributed by atoms with Crippen LogP contribution in [0.2, 0.25) is 0 Å². The van der Waals surface area contributed by atoms with E-state index in [1.807, 2.05) is 30.3 Å². The van der Waals surface area contributed by atoms with Crippen LogP contribution < -0.4 is 4.74 Å². The number of benzene rings is 2. The molecular weight excluding hydrogens is 311 g/mol. The SMILES string of the molecule is OC(COc1ccccc1)Cc1cccc(F)c1Br. The summed E-state index contributed by atoms with van der Waals surface area (Å²) in [5.41, 5.74) is 0.726. The third-order valence-electron chi connectivity index (χ3n) is 2.67. The zero-order valence-electron chi connectivity index (χ0n) is 10.2. The van der Waals surface area contributed by atoms with Crippen molar-refractivity contribution in [3.8, 4) is 5.75 Å². The van der Waals surface area contributed by atoms with Gasteiger partial charge in [0.1, 0.15) is 18.2 Å². The lowest BCUT2D eigenvalue weighted by molar-refractivity contribution is 0.107. The molecular formula is C15H14BrFO2. The first-order chi connectivity index (χ1) is 9.16. The minimum Gasteiger partial charge on any atom is -0.491 e. The second kappa shape index (κ2) is 6.68. The Bertz CT molecular complexity index is 531. The van der Waals surface area contributed by atoms with Gasteiger partial charge in [-0.1, -0.05) is 30.3 Å². The number of hydrogen-bond acceptors (Lipinski definition) is 2. The van der Waals surface area contributed by atoms with E-state index in [1.54, 1.807) is 12.1 Å². The van der Waals surface area contributed by atoms with E-state index < -0.39 is 6.10 Å². The number of hydrogen-bond donors (Lipinski definition) is 1. The van der Waals surface area contributed by atoms with Crippen molar-refractivity contribution in [2.45, 2.75) is 12.5 Å². The van der Waals surface area contributed by atoms with Crippen molar-refractivity contribution < 1.29 is 14.2 Å². The summed E-state index contributed by atoms with van der Waals surface area (Å²) in [5, 5.41) is 9.91. The normalized spacial score (nSPS) is 12.2. The van der Waals surface area contributed by atoms with E-state index in [0.29, 0.717) is 16.6 Å². The minimum atomic E-state index is -0.682. The van der Waals surface area contributed by atoms with Crippen molar-refractivity contribution in [2.75, 3.05) is 6.61 Å². The quantitative estimate of drug-likeness (QED) is 0.911. The first-order valence-corrected chi connectivity index (χ1v) is 6.75. The third kappa shape index (κ3) is 4.04. The average molecular weight is 325 g/mol. The van der Waals surface area contributed by atoms with Gasteiger partial charge in [-0.25, -0.2) is 4.39 Å². The summed E-state index contributed by atoms with van der Waals surface area (Å²) in [6.45, 7) is 0.174. The molecule has 1 N–H and O–H groups in total. The Morgan fingerprint density at radius 3 is 2.58 bits per heavy atom. The molecule has 2 aromatic rings. The molecule has 0 heterocycles. The molecule has 19 heavy (non-hydrogen) atoms. The molecule has 0 spiro atoms. The Kier molecular flexibility index (Phi) is 4.93. The summed E-state index contributed by atoms with van der Waals surface area (Å²) in [7, 11) is 0. The predicted octanol–water partition coefficient (Wildman–Crippen LogP) is 3.57. The van der Waals surface area contributed by atoms with Crippen LogP contribution in [0.4, 0.5) is 4.39 Å². The van der Waals surface area contributed by atoms with Gasteiger partial charge in [-0.05, 0) is 39.7 Å². The van der Waals surface area contributed by atoms with Crippen LogP contribution in [0.15, 0.2) is 53.0 Å². The standard InChI is InChI=1S/C15H14BrFO2/c16-15-11(5-4-8-14(15)17)9-12(18)10-19-13-6-2-1-3-7-13/h1-8,12,18H,9-10H2. The van der Waals surface area contributed by atoms with Gasteiger partial charge in [-0.15, -0.1) is 0 Å². The van der Waals surface area contributed by atoms with Gasteiger partial charge in [0.2, 0.25) is 0 Å². The molecule has 2 aromatic carbocycles. The van der Waals surface area contributed by atoms with Gasteiger partial charge in [-0.3, -0.25) is 0 Å². The highest BCUT2D eigenvalue weighted by Gasteiger charge is 2.11. The molecule has 0 aliphatic heterocycles. The van der Waals surface area contributed by atoms with Crippen molar-refractivity contribution in [1.82, 2.24) is 0 Å². The lowest BCUT2D eigenvalue weighted by Crippen LogP contribution is -2.20. The van der Waals surface area contributed by atoms with Crippen molar-refractivity contribution in [3.05, 3.63) is 64.4 Å². The minimum absolute atomic E-state index is 0.174. The molecule has 1 unspecified atom stereocenters. The maximum absolute atomic E-state index is 13.3. The molecule has 2 nitrogen and oxygen atoms in total. The predicted molar refractivity (Wildman–Crippen MR) is 75.7 cm³/mol. The van der Waals surface area contributed by atoms with E-state index in [9.17, 15) is 9.50 Å². The zero-order chi connectivity index (χ0) is 13.7. The van der Waals surface area contributed by atoms with E-state index in [2.05, 4.69) is 15.9 Å². The molecule has 0 aliphatic rings. The van der Waals surface area contributed by atoms with Crippen LogP contribution in [0.3, 0.4) is 0 Å². The Morgan fingerprint density at radius 1 is 1.11 bits per heavy atom. The van der Waals surface area contributed by atoms with Crippen LogP contribution in [0.1, 0.15) is 5.56 Å². The van der Waals surface area contributed by atoms with E-state index >= 15 is 0 Å². The molecule has 0 bridgehead atoms. The number of para-hydroxylation sites is 1. The van der Waals surface area contributed by atoms with Gasteiger partial charge in [0.25, 0.3) is 0 Å². The maximum atomic E-state index is 13.3. The lowest BCUT2D eigenvalue weighted by Gasteiger charge is -2.13. The largest absolute Gasteiger partial charge is 0.491 e. The maximum Gasteiger partial charge on any atom is 0.137 e. The van der Waals surface area contributed by atoms with Crippen LogP contribution in [-0.2, 0) is 6.42 Å². The van der Waals surface area contributed by atoms with Gasteiger partial charge < -0.3 is 9.84 Å². The fourth-order valence-corrected chi connectivity index (χ4v) is 2.15. The second-order valence-electron chi connectivity index (χ2n) is 4.19. The molecule has 1 atom stereocenters. The highest BCUT2D eigenvalue weighted by molar-refractivity contribution is 9.10. The summed E-state index contributed by atoms with van der Waals surface area (Å²) in [5.74, 6) is 0.383. The van der Waals surface area contributed by atoms with Gasteiger partial charge in [-0.2, -0.15) is 0 Å². The fraction of sp³-hybridized carbons (Fsp3) is 0.200. The molecule has 100 valence electrons. The first kappa shape index (κ1) is 14.0. The van der Waals surface area contributed by atoms with Crippen LogP contribution >= 0.6 is 15.9 Å². The Labute approximate surface area is 120 Å². The van der Waals surface area contributed by atoms with Crippen LogP contribution in [0, 0.1) is 5.82 Å². The summed E-state index contributed by atoms with van der Waals surface area (Å²) in [6, 6.07) is 14.1. The Balaban J connectivity index is 1.91. The average Bonchev–Trinajstić information content (AvgIpc) is 2.43. The molecule has 4 heteroatoms. The molecule has 0 amide bonds. The lowest BCUT2D eigenvalue weighted by atomic mass is 10.1. The monoisotopic (exact) mass is 324 g/mol. The highest BCUT2D eigenvalue weighted by atomic mass is 79.9. The summed E-state index contributed by atoms with van der Waals surface area (Å²) >= 11 is 3.18. The number of rotatable bonds is 5.